The molecule has 0 saturated heterocycles. The Kier molecular flexibility index (Phi) is 5.28. The molecule has 1 aromatic rings. The van der Waals surface area contributed by atoms with Crippen LogP contribution in [0.25, 0.3) is 0 Å². The number of nitrogens with one attached hydrogen (secondary N) is 1. The van der Waals surface area contributed by atoms with Crippen molar-refractivity contribution in [1.29, 1.82) is 0 Å². The number of sulfonamides is 1. The average molecular weight is 271 g/mol. The molecule has 18 heavy (non-hydrogen) atoms. The molecule has 5 nitrogen and oxygen atoms in total. The van der Waals surface area contributed by atoms with Crippen LogP contribution in [-0.4, -0.2) is 40.0 Å². The number of hydrogen-bond acceptors (Lipinski definition) is 4. The summed E-state index contributed by atoms with van der Waals surface area (Å²) in [6, 6.07) is 6.54. The van der Waals surface area contributed by atoms with Gasteiger partial charge in [0, 0.05) is 19.1 Å². The van der Waals surface area contributed by atoms with Crippen molar-refractivity contribution in [3.63, 3.8) is 0 Å². The summed E-state index contributed by atoms with van der Waals surface area (Å²) in [4.78, 5) is 2.19. The summed E-state index contributed by atoms with van der Waals surface area (Å²) in [7, 11) is 0.335. The van der Waals surface area contributed by atoms with E-state index >= 15 is 0 Å². The first-order chi connectivity index (χ1) is 8.35. The Morgan fingerprint density at radius 3 is 2.61 bits per heavy atom. The lowest BCUT2D eigenvalue weighted by Gasteiger charge is -2.18. The highest BCUT2D eigenvalue weighted by atomic mass is 32.2. The lowest BCUT2D eigenvalue weighted by molar-refractivity contribution is 0.370. The third-order valence-corrected chi connectivity index (χ3v) is 4.03. The lowest BCUT2D eigenvalue weighted by atomic mass is 10.2. The second kappa shape index (κ2) is 6.29. The number of benzene rings is 1. The van der Waals surface area contributed by atoms with E-state index in [-0.39, 0.29) is 10.9 Å². The van der Waals surface area contributed by atoms with Crippen molar-refractivity contribution in [3.05, 3.63) is 29.8 Å². The van der Waals surface area contributed by atoms with Crippen molar-refractivity contribution >= 4 is 10.0 Å². The van der Waals surface area contributed by atoms with Crippen molar-refractivity contribution < 1.29 is 8.42 Å². The summed E-state index contributed by atoms with van der Waals surface area (Å²) >= 11 is 0. The maximum atomic E-state index is 12.1. The number of rotatable bonds is 6. The van der Waals surface area contributed by atoms with E-state index in [9.17, 15) is 8.42 Å². The highest BCUT2D eigenvalue weighted by molar-refractivity contribution is 7.89. The van der Waals surface area contributed by atoms with Crippen LogP contribution in [0.4, 0.5) is 0 Å². The summed E-state index contributed by atoms with van der Waals surface area (Å²) in [5.74, 6) is 0. The molecule has 1 atom stereocenters. The van der Waals surface area contributed by atoms with Crippen LogP contribution in [0.1, 0.15) is 12.5 Å². The zero-order chi connectivity index (χ0) is 13.8. The summed E-state index contributed by atoms with van der Waals surface area (Å²) in [5.41, 5.74) is 6.31. The minimum absolute atomic E-state index is 0.147. The second-order valence-corrected chi connectivity index (χ2v) is 6.35. The van der Waals surface area contributed by atoms with Gasteiger partial charge in [-0.15, -0.1) is 0 Å². The third-order valence-electron chi connectivity index (χ3n) is 2.44. The zero-order valence-electron chi connectivity index (χ0n) is 11.1. The predicted molar refractivity (Wildman–Crippen MR) is 72.7 cm³/mol. The number of nitrogens with two attached hydrogens (primary N) is 1. The Morgan fingerprint density at radius 1 is 1.39 bits per heavy atom. The molecule has 0 aliphatic heterocycles. The van der Waals surface area contributed by atoms with Crippen LogP contribution in [-0.2, 0) is 16.6 Å². The molecule has 1 rings (SSSR count). The average Bonchev–Trinajstić information content (AvgIpc) is 2.27. The van der Waals surface area contributed by atoms with E-state index in [1.165, 1.54) is 0 Å². The van der Waals surface area contributed by atoms with Crippen molar-refractivity contribution in [2.75, 3.05) is 20.6 Å². The molecule has 0 radical (unpaired) electrons. The minimum Gasteiger partial charge on any atom is -0.326 e. The number of hydrogen-bond donors (Lipinski definition) is 2. The monoisotopic (exact) mass is 271 g/mol. The number of nitrogens with zero attached hydrogens (tertiary/aromatic N) is 1. The molecule has 0 fully saturated rings. The van der Waals surface area contributed by atoms with Gasteiger partial charge in [0.05, 0.1) is 4.90 Å². The van der Waals surface area contributed by atoms with Crippen molar-refractivity contribution in [2.45, 2.75) is 24.4 Å². The van der Waals surface area contributed by atoms with Crippen molar-refractivity contribution in [2.24, 2.45) is 5.73 Å². The van der Waals surface area contributed by atoms with Crippen LogP contribution < -0.4 is 10.5 Å². The molecule has 0 saturated carbocycles. The quantitative estimate of drug-likeness (QED) is 0.784. The van der Waals surface area contributed by atoms with E-state index in [4.69, 9.17) is 5.73 Å². The first-order valence-corrected chi connectivity index (χ1v) is 7.29. The van der Waals surface area contributed by atoms with Gasteiger partial charge in [-0.05, 0) is 38.7 Å². The van der Waals surface area contributed by atoms with Crippen LogP contribution in [0.2, 0.25) is 0 Å². The molecule has 1 aromatic carbocycles. The molecule has 0 amide bonds. The van der Waals surface area contributed by atoms with Gasteiger partial charge in [-0.2, -0.15) is 0 Å². The topological polar surface area (TPSA) is 75.4 Å². The summed E-state index contributed by atoms with van der Waals surface area (Å²) in [6.45, 7) is 2.82. The smallest absolute Gasteiger partial charge is 0.240 e. The molecule has 3 N–H and O–H groups in total. The van der Waals surface area contributed by atoms with Gasteiger partial charge < -0.3 is 10.6 Å². The van der Waals surface area contributed by atoms with Gasteiger partial charge in [-0.3, -0.25) is 0 Å². The lowest BCUT2D eigenvalue weighted by Crippen LogP contribution is -2.39. The normalized spacial score (nSPS) is 13.8. The Bertz CT molecular complexity index is 486. The molecule has 102 valence electrons. The van der Waals surface area contributed by atoms with Crippen LogP contribution in [0.5, 0.6) is 0 Å². The Balaban J connectivity index is 2.85. The van der Waals surface area contributed by atoms with Gasteiger partial charge >= 0.3 is 0 Å². The third kappa shape index (κ3) is 4.38. The highest BCUT2D eigenvalue weighted by Crippen LogP contribution is 2.11. The maximum Gasteiger partial charge on any atom is 0.240 e. The fourth-order valence-electron chi connectivity index (χ4n) is 1.76. The van der Waals surface area contributed by atoms with Gasteiger partial charge in [0.2, 0.25) is 10.0 Å². The fraction of sp³-hybridized carbons (Fsp3) is 0.500. The zero-order valence-corrected chi connectivity index (χ0v) is 11.9. The van der Waals surface area contributed by atoms with E-state index < -0.39 is 10.0 Å². The van der Waals surface area contributed by atoms with Crippen LogP contribution in [0, 0.1) is 0 Å². The molecule has 0 bridgehead atoms. The van der Waals surface area contributed by atoms with Crippen LogP contribution in [0.15, 0.2) is 29.2 Å². The Hall–Kier alpha value is -0.950. The van der Waals surface area contributed by atoms with Crippen LogP contribution in [0.3, 0.4) is 0 Å². The molecule has 0 aliphatic carbocycles. The van der Waals surface area contributed by atoms with Crippen LogP contribution >= 0.6 is 0 Å². The first kappa shape index (κ1) is 15.1. The SMILES string of the molecule is CC(CN(C)C)NS(=O)(=O)c1cccc(CN)c1. The predicted octanol–water partition coefficient (Wildman–Crippen LogP) is 0.374. The molecule has 6 heteroatoms. The molecular formula is C12H21N3O2S. The van der Waals surface area contributed by atoms with Crippen molar-refractivity contribution in [1.82, 2.24) is 9.62 Å². The minimum atomic E-state index is -3.47. The van der Waals surface area contributed by atoms with Gasteiger partial charge in [0.1, 0.15) is 0 Å². The van der Waals surface area contributed by atoms with Gasteiger partial charge in [-0.25, -0.2) is 13.1 Å². The highest BCUT2D eigenvalue weighted by Gasteiger charge is 2.17. The summed E-state index contributed by atoms with van der Waals surface area (Å²) in [5, 5.41) is 0. The second-order valence-electron chi connectivity index (χ2n) is 4.64. The molecule has 0 aliphatic rings. The molecular weight excluding hydrogens is 250 g/mol. The Morgan fingerprint density at radius 2 is 2.06 bits per heavy atom. The van der Waals surface area contributed by atoms with Gasteiger partial charge in [-0.1, -0.05) is 12.1 Å². The molecule has 0 aromatic heterocycles. The van der Waals surface area contributed by atoms with Crippen molar-refractivity contribution in [3.8, 4) is 0 Å². The van der Waals surface area contributed by atoms with E-state index in [1.54, 1.807) is 18.2 Å². The van der Waals surface area contributed by atoms with E-state index in [0.29, 0.717) is 13.1 Å². The standard InChI is InChI=1S/C12H21N3O2S/c1-10(9-15(2)3)14-18(16,17)12-6-4-5-11(7-12)8-13/h4-7,10,14H,8-9,13H2,1-3H3. The van der Waals surface area contributed by atoms with E-state index in [1.807, 2.05) is 32.0 Å². The van der Waals surface area contributed by atoms with E-state index in [2.05, 4.69) is 4.72 Å². The molecule has 0 heterocycles. The number of likely N-dealkylation sites (N-methyl/N-ethyl adjacent to an activating group) is 1. The summed E-state index contributed by atoms with van der Waals surface area (Å²) in [6.07, 6.45) is 0. The maximum absolute atomic E-state index is 12.1. The van der Waals surface area contributed by atoms with E-state index in [0.717, 1.165) is 5.56 Å². The van der Waals surface area contributed by atoms with Gasteiger partial charge in [0.25, 0.3) is 0 Å². The molecule has 1 unspecified atom stereocenters. The largest absolute Gasteiger partial charge is 0.326 e. The van der Waals surface area contributed by atoms with Gasteiger partial charge in [0.15, 0.2) is 0 Å². The Labute approximate surface area is 109 Å². The first-order valence-electron chi connectivity index (χ1n) is 5.81. The fourth-order valence-corrected chi connectivity index (χ4v) is 3.06. The molecule has 0 spiro atoms. The summed E-state index contributed by atoms with van der Waals surface area (Å²) < 4.78 is 26.9.